The number of ether oxygens (including phenoxy) is 1. The standard InChI is InChI=1S/C26H29N5O/c1-3-29-14-16-30(17-15-29)25-24-23(20-8-6-5-7-9-20)18-31(26(24)28-19-27-25)21-10-12-22(13-11-21)32-4-2/h5-13,18-19H,3-4,14-17H2,1-2H3. The van der Waals surface area contributed by atoms with Gasteiger partial charge in [0.25, 0.3) is 0 Å². The molecular formula is C26H29N5O. The van der Waals surface area contributed by atoms with E-state index >= 15 is 0 Å². The zero-order chi connectivity index (χ0) is 21.9. The molecule has 2 aromatic heterocycles. The van der Waals surface area contributed by atoms with E-state index in [0.717, 1.165) is 66.6 Å². The molecule has 4 aromatic rings. The van der Waals surface area contributed by atoms with Gasteiger partial charge >= 0.3 is 0 Å². The van der Waals surface area contributed by atoms with Crippen molar-refractivity contribution in [2.24, 2.45) is 0 Å². The minimum atomic E-state index is 0.659. The van der Waals surface area contributed by atoms with Crippen molar-refractivity contribution in [1.82, 2.24) is 19.4 Å². The van der Waals surface area contributed by atoms with Gasteiger partial charge in [-0.3, -0.25) is 0 Å². The highest BCUT2D eigenvalue weighted by Gasteiger charge is 2.23. The first-order valence-corrected chi connectivity index (χ1v) is 11.4. The first-order valence-electron chi connectivity index (χ1n) is 11.4. The Morgan fingerprint density at radius 1 is 0.875 bits per heavy atom. The van der Waals surface area contributed by atoms with E-state index in [1.165, 1.54) is 5.56 Å². The van der Waals surface area contributed by atoms with E-state index in [-0.39, 0.29) is 0 Å². The molecule has 1 aliphatic rings. The minimum absolute atomic E-state index is 0.659. The molecule has 0 radical (unpaired) electrons. The number of nitrogens with zero attached hydrogens (tertiary/aromatic N) is 5. The normalized spacial score (nSPS) is 14.8. The lowest BCUT2D eigenvalue weighted by Crippen LogP contribution is -2.46. The quantitative estimate of drug-likeness (QED) is 0.449. The Morgan fingerprint density at radius 3 is 2.31 bits per heavy atom. The lowest BCUT2D eigenvalue weighted by atomic mass is 10.1. The van der Waals surface area contributed by atoms with Crippen LogP contribution >= 0.6 is 0 Å². The van der Waals surface area contributed by atoms with E-state index in [1.54, 1.807) is 6.33 Å². The van der Waals surface area contributed by atoms with Crippen LogP contribution in [0.4, 0.5) is 5.82 Å². The molecule has 6 nitrogen and oxygen atoms in total. The molecule has 3 heterocycles. The number of rotatable bonds is 6. The molecule has 0 saturated carbocycles. The van der Waals surface area contributed by atoms with Crippen LogP contribution in [0.2, 0.25) is 0 Å². The van der Waals surface area contributed by atoms with Gasteiger partial charge < -0.3 is 19.1 Å². The van der Waals surface area contributed by atoms with Crippen molar-refractivity contribution < 1.29 is 4.74 Å². The molecule has 0 bridgehead atoms. The number of anilines is 1. The summed E-state index contributed by atoms with van der Waals surface area (Å²) in [7, 11) is 0. The number of likely N-dealkylation sites (N-methyl/N-ethyl adjacent to an activating group) is 1. The van der Waals surface area contributed by atoms with Crippen LogP contribution in [0, 0.1) is 0 Å². The van der Waals surface area contributed by atoms with Crippen molar-refractivity contribution in [3.63, 3.8) is 0 Å². The maximum absolute atomic E-state index is 5.63. The lowest BCUT2D eigenvalue weighted by molar-refractivity contribution is 0.271. The van der Waals surface area contributed by atoms with Crippen molar-refractivity contribution in [1.29, 1.82) is 0 Å². The monoisotopic (exact) mass is 427 g/mol. The summed E-state index contributed by atoms with van der Waals surface area (Å²) in [6, 6.07) is 18.7. The predicted molar refractivity (Wildman–Crippen MR) is 130 cm³/mol. The van der Waals surface area contributed by atoms with Gasteiger partial charge in [0.2, 0.25) is 0 Å². The lowest BCUT2D eigenvalue weighted by Gasteiger charge is -2.35. The summed E-state index contributed by atoms with van der Waals surface area (Å²) in [4.78, 5) is 14.4. The van der Waals surface area contributed by atoms with Gasteiger partial charge in [0.05, 0.1) is 12.0 Å². The summed E-state index contributed by atoms with van der Waals surface area (Å²) in [6.07, 6.45) is 3.89. The van der Waals surface area contributed by atoms with E-state index in [2.05, 4.69) is 70.0 Å². The predicted octanol–water partition coefficient (Wildman–Crippen LogP) is 4.63. The smallest absolute Gasteiger partial charge is 0.150 e. The fourth-order valence-electron chi connectivity index (χ4n) is 4.46. The second-order valence-electron chi connectivity index (χ2n) is 8.02. The van der Waals surface area contributed by atoms with E-state index in [1.807, 2.05) is 19.1 Å². The van der Waals surface area contributed by atoms with Gasteiger partial charge in [0.15, 0.2) is 5.65 Å². The van der Waals surface area contributed by atoms with Gasteiger partial charge in [0.1, 0.15) is 17.9 Å². The molecule has 32 heavy (non-hydrogen) atoms. The Hall–Kier alpha value is -3.38. The average molecular weight is 428 g/mol. The topological polar surface area (TPSA) is 46.4 Å². The summed E-state index contributed by atoms with van der Waals surface area (Å²) in [5.41, 5.74) is 4.31. The molecule has 5 rings (SSSR count). The SMILES string of the molecule is CCOc1ccc(-n2cc(-c3ccccc3)c3c(N4CCN(CC)CC4)ncnc32)cc1. The third-order valence-electron chi connectivity index (χ3n) is 6.19. The van der Waals surface area contributed by atoms with E-state index in [4.69, 9.17) is 14.7 Å². The molecule has 0 spiro atoms. The summed E-state index contributed by atoms with van der Waals surface area (Å²) in [5.74, 6) is 1.90. The van der Waals surface area contributed by atoms with Gasteiger partial charge in [-0.2, -0.15) is 0 Å². The van der Waals surface area contributed by atoms with Crippen LogP contribution in [0.1, 0.15) is 13.8 Å². The highest BCUT2D eigenvalue weighted by molar-refractivity contribution is 6.02. The van der Waals surface area contributed by atoms with E-state index in [9.17, 15) is 0 Å². The number of hydrogen-bond donors (Lipinski definition) is 0. The average Bonchev–Trinajstić information content (AvgIpc) is 3.25. The Bertz CT molecular complexity index is 1180. The highest BCUT2D eigenvalue weighted by atomic mass is 16.5. The van der Waals surface area contributed by atoms with Crippen molar-refractivity contribution in [2.45, 2.75) is 13.8 Å². The molecule has 1 fully saturated rings. The van der Waals surface area contributed by atoms with Crippen molar-refractivity contribution >= 4 is 16.9 Å². The Labute approximate surface area is 189 Å². The minimum Gasteiger partial charge on any atom is -0.494 e. The fraction of sp³-hybridized carbons (Fsp3) is 0.308. The molecule has 1 saturated heterocycles. The van der Waals surface area contributed by atoms with Crippen LogP contribution < -0.4 is 9.64 Å². The fourth-order valence-corrected chi connectivity index (χ4v) is 4.46. The van der Waals surface area contributed by atoms with Crippen LogP contribution in [0.15, 0.2) is 67.1 Å². The van der Waals surface area contributed by atoms with Crippen molar-refractivity contribution in [3.8, 4) is 22.6 Å². The van der Waals surface area contributed by atoms with E-state index < -0.39 is 0 Å². The Morgan fingerprint density at radius 2 is 1.62 bits per heavy atom. The first-order chi connectivity index (χ1) is 15.8. The molecule has 2 aromatic carbocycles. The van der Waals surface area contributed by atoms with Crippen molar-refractivity contribution in [2.75, 3.05) is 44.2 Å². The number of hydrogen-bond acceptors (Lipinski definition) is 5. The molecule has 0 atom stereocenters. The Balaban J connectivity index is 1.65. The highest BCUT2D eigenvalue weighted by Crippen LogP contribution is 2.37. The second kappa shape index (κ2) is 9.01. The molecule has 6 heteroatoms. The zero-order valence-corrected chi connectivity index (χ0v) is 18.7. The van der Waals surface area contributed by atoms with Crippen LogP contribution in [0.3, 0.4) is 0 Å². The van der Waals surface area contributed by atoms with E-state index in [0.29, 0.717) is 6.61 Å². The molecule has 0 amide bonds. The van der Waals surface area contributed by atoms with Gasteiger partial charge in [-0.1, -0.05) is 37.3 Å². The van der Waals surface area contributed by atoms with Crippen LogP contribution in [-0.4, -0.2) is 58.8 Å². The number of benzene rings is 2. The zero-order valence-electron chi connectivity index (χ0n) is 18.7. The molecule has 0 unspecified atom stereocenters. The third kappa shape index (κ3) is 3.82. The maximum atomic E-state index is 5.63. The molecule has 0 N–H and O–H groups in total. The molecule has 1 aliphatic heterocycles. The van der Waals surface area contributed by atoms with Gasteiger partial charge in [0, 0.05) is 43.6 Å². The largest absolute Gasteiger partial charge is 0.494 e. The van der Waals surface area contributed by atoms with Crippen LogP contribution in [0.25, 0.3) is 27.8 Å². The Kier molecular flexibility index (Phi) is 5.77. The number of fused-ring (bicyclic) bond motifs is 1. The summed E-state index contributed by atoms with van der Waals surface area (Å²) in [5, 5.41) is 1.11. The molecular weight excluding hydrogens is 398 g/mol. The summed E-state index contributed by atoms with van der Waals surface area (Å²) >= 11 is 0. The second-order valence-corrected chi connectivity index (χ2v) is 8.02. The summed E-state index contributed by atoms with van der Waals surface area (Å²) < 4.78 is 7.80. The van der Waals surface area contributed by atoms with Gasteiger partial charge in [-0.05, 0) is 43.3 Å². The van der Waals surface area contributed by atoms with Gasteiger partial charge in [-0.25, -0.2) is 9.97 Å². The summed E-state index contributed by atoms with van der Waals surface area (Å²) in [6.45, 7) is 10.0. The molecule has 0 aliphatic carbocycles. The van der Waals surface area contributed by atoms with Crippen molar-refractivity contribution in [3.05, 3.63) is 67.1 Å². The third-order valence-corrected chi connectivity index (χ3v) is 6.19. The van der Waals surface area contributed by atoms with Crippen LogP contribution in [0.5, 0.6) is 5.75 Å². The molecule has 164 valence electrons. The van der Waals surface area contributed by atoms with Crippen LogP contribution in [-0.2, 0) is 0 Å². The maximum Gasteiger partial charge on any atom is 0.150 e. The first kappa shape index (κ1) is 20.5. The number of aromatic nitrogens is 3. The van der Waals surface area contributed by atoms with Gasteiger partial charge in [-0.15, -0.1) is 0 Å². The number of piperazine rings is 1.